The number of ether oxygens (including phenoxy) is 3. The third-order valence-corrected chi connectivity index (χ3v) is 15.7. The molecule has 22 heteroatoms. The lowest BCUT2D eigenvalue weighted by atomic mass is 9.89. The molecular formula is C61H100N10O12. The molecule has 0 saturated carbocycles. The number of hydrogen-bond acceptors (Lipinski definition) is 13. The highest BCUT2D eigenvalue weighted by Crippen LogP contribution is 2.30. The van der Waals surface area contributed by atoms with Gasteiger partial charge in [-0.15, -0.1) is 0 Å². The van der Waals surface area contributed by atoms with Gasteiger partial charge in [0, 0.05) is 53.1 Å². The van der Waals surface area contributed by atoms with E-state index in [1.165, 1.54) is 26.2 Å². The molecule has 1 heterocycles. The molecule has 0 spiro atoms. The second-order valence-electron chi connectivity index (χ2n) is 23.6. The molecule has 9 amide bonds. The molecule has 1 fully saturated rings. The van der Waals surface area contributed by atoms with Crippen LogP contribution in [0.15, 0.2) is 54.6 Å². The van der Waals surface area contributed by atoms with Crippen molar-refractivity contribution in [3.05, 3.63) is 65.7 Å². The molecule has 12 atom stereocenters. The zero-order chi connectivity index (χ0) is 62.4. The topological polar surface area (TPSA) is 292 Å². The van der Waals surface area contributed by atoms with Gasteiger partial charge in [-0.25, -0.2) is 9.59 Å². The van der Waals surface area contributed by atoms with Gasteiger partial charge in [0.05, 0.1) is 54.8 Å². The van der Waals surface area contributed by atoms with Gasteiger partial charge in [-0.1, -0.05) is 125 Å². The summed E-state index contributed by atoms with van der Waals surface area (Å²) >= 11 is 0. The Labute approximate surface area is 493 Å². The number of rotatable bonds is 33. The lowest BCUT2D eigenvalue weighted by Crippen LogP contribution is -2.60. The number of anilines is 1. The maximum Gasteiger partial charge on any atom is 0.410 e. The third kappa shape index (κ3) is 21.0. The molecule has 3 rings (SSSR count). The molecule has 0 aromatic heterocycles. The molecule has 2 aromatic rings. The number of hydrogen-bond donors (Lipinski definition) is 8. The number of urea groups is 1. The number of primary amides is 1. The van der Waals surface area contributed by atoms with Gasteiger partial charge in [-0.3, -0.25) is 33.7 Å². The van der Waals surface area contributed by atoms with Gasteiger partial charge in [0.1, 0.15) is 24.7 Å². The van der Waals surface area contributed by atoms with Crippen molar-refractivity contribution in [2.24, 2.45) is 35.3 Å². The van der Waals surface area contributed by atoms with Crippen molar-refractivity contribution in [1.82, 2.24) is 41.3 Å². The zero-order valence-corrected chi connectivity index (χ0v) is 52.2. The standard InChI is InChI=1S/C61H100N10O12/c1-17-39(10)52(47(81-15)33-48(72)71-32-22-26-46(71)54(82-16)40(11)55(74)65-41(12)53(73)43-23-19-18-20-24-43)69(13)59(78)50(36(4)5)68-58(77)51(37(6)7)70(14)61(80)83-34-42-27-29-44(30-28-42)66-56(75)45(25-21-31-63-60(62)79)67-57(76)49(35(2)3)64-38(8)9/h18-20,23-24,27-30,35-41,45-47,49-54,64,73H,17,21-22,25-26,31-34H2,1-16H3,(H,65,74)(H,66,75)(H,67,76)(H,68,77)(H3,62,63,79)/t39-,40+,41+,45-,46-,47+,49-,50-,51-,52?,53+,54+/m0/s1. The minimum atomic E-state index is -1.05. The first-order valence-corrected chi connectivity index (χ1v) is 29.4. The van der Waals surface area contributed by atoms with E-state index in [4.69, 9.17) is 19.9 Å². The largest absolute Gasteiger partial charge is 0.445 e. The van der Waals surface area contributed by atoms with Gasteiger partial charge in [-0.05, 0) is 79.5 Å². The minimum absolute atomic E-state index is 0.0193. The van der Waals surface area contributed by atoms with E-state index in [2.05, 4.69) is 31.9 Å². The fourth-order valence-corrected chi connectivity index (χ4v) is 10.8. The number of benzene rings is 2. The summed E-state index contributed by atoms with van der Waals surface area (Å²) in [5, 5.41) is 28.3. The first kappa shape index (κ1) is 70.9. The molecule has 1 aliphatic heterocycles. The first-order chi connectivity index (χ1) is 39.1. The van der Waals surface area contributed by atoms with Crippen LogP contribution < -0.4 is 37.6 Å². The summed E-state index contributed by atoms with van der Waals surface area (Å²) in [5.74, 6) is -3.99. The van der Waals surface area contributed by atoms with E-state index in [0.29, 0.717) is 49.0 Å². The maximum absolute atomic E-state index is 14.8. The summed E-state index contributed by atoms with van der Waals surface area (Å²) in [6.07, 6.45) is -0.673. The molecule has 0 aliphatic carbocycles. The quantitative estimate of drug-likeness (QED) is 0.0412. The summed E-state index contributed by atoms with van der Waals surface area (Å²) in [6, 6.07) is 9.83. The highest BCUT2D eigenvalue weighted by Gasteiger charge is 2.44. The van der Waals surface area contributed by atoms with Gasteiger partial charge >= 0.3 is 12.1 Å². The van der Waals surface area contributed by atoms with Gasteiger partial charge in [-0.2, -0.15) is 0 Å². The van der Waals surface area contributed by atoms with E-state index in [0.717, 1.165) is 0 Å². The van der Waals surface area contributed by atoms with Gasteiger partial charge in [0.25, 0.3) is 0 Å². The molecule has 0 bridgehead atoms. The number of nitrogens with zero attached hydrogens (tertiary/aromatic N) is 3. The third-order valence-electron chi connectivity index (χ3n) is 15.7. The highest BCUT2D eigenvalue weighted by atomic mass is 16.6. The van der Waals surface area contributed by atoms with E-state index in [9.17, 15) is 43.5 Å². The van der Waals surface area contributed by atoms with Crippen molar-refractivity contribution in [3.63, 3.8) is 0 Å². The molecular weight excluding hydrogens is 1060 g/mol. The number of aliphatic hydroxyl groups excluding tert-OH is 1. The monoisotopic (exact) mass is 1160 g/mol. The highest BCUT2D eigenvalue weighted by molar-refractivity contribution is 5.98. The second kappa shape index (κ2) is 34.4. The van der Waals surface area contributed by atoms with E-state index in [-0.39, 0.29) is 61.6 Å². The number of methoxy groups -OCH3 is 2. The Bertz CT molecular complexity index is 2390. The van der Waals surface area contributed by atoms with Crippen molar-refractivity contribution in [1.29, 1.82) is 0 Å². The van der Waals surface area contributed by atoms with Crippen LogP contribution in [0, 0.1) is 29.6 Å². The Kier molecular flexibility index (Phi) is 29.4. The molecule has 9 N–H and O–H groups in total. The van der Waals surface area contributed by atoms with E-state index in [1.54, 1.807) is 80.9 Å². The number of carbonyl (C=O) groups excluding carboxylic acids is 8. The average Bonchev–Trinajstić information content (AvgIpc) is 4.01. The molecule has 2 aromatic carbocycles. The molecule has 22 nitrogen and oxygen atoms in total. The number of carbonyl (C=O) groups is 8. The first-order valence-electron chi connectivity index (χ1n) is 29.4. The Morgan fingerprint density at radius 3 is 1.92 bits per heavy atom. The van der Waals surface area contributed by atoms with Crippen LogP contribution in [0.3, 0.4) is 0 Å². The van der Waals surface area contributed by atoms with Crippen LogP contribution in [0.4, 0.5) is 15.3 Å². The van der Waals surface area contributed by atoms with Crippen LogP contribution in [-0.2, 0) is 49.6 Å². The van der Waals surface area contributed by atoms with Crippen molar-refractivity contribution >= 4 is 53.3 Å². The normalized spacial score (nSPS) is 17.5. The number of nitrogens with two attached hydrogens (primary N) is 1. The predicted molar refractivity (Wildman–Crippen MR) is 319 cm³/mol. The fraction of sp³-hybridized carbons (Fsp3) is 0.672. The van der Waals surface area contributed by atoms with E-state index in [1.807, 2.05) is 73.6 Å². The molecule has 83 heavy (non-hydrogen) atoms. The summed E-state index contributed by atoms with van der Waals surface area (Å²) in [7, 11) is 6.14. The number of likely N-dealkylation sites (tertiary alicyclic amines) is 1. The number of aliphatic hydroxyl groups is 1. The Balaban J connectivity index is 1.71. The van der Waals surface area contributed by atoms with Crippen LogP contribution in [0.25, 0.3) is 0 Å². The molecule has 466 valence electrons. The van der Waals surface area contributed by atoms with Gasteiger partial charge in [0.15, 0.2) is 0 Å². The van der Waals surface area contributed by atoms with Crippen LogP contribution >= 0.6 is 0 Å². The summed E-state index contributed by atoms with van der Waals surface area (Å²) < 4.78 is 17.7. The molecule has 0 radical (unpaired) electrons. The number of likely N-dealkylation sites (N-methyl/N-ethyl adjacent to an activating group) is 2. The maximum atomic E-state index is 14.8. The lowest BCUT2D eigenvalue weighted by Gasteiger charge is -2.41. The summed E-state index contributed by atoms with van der Waals surface area (Å²) in [5.41, 5.74) is 6.89. The van der Waals surface area contributed by atoms with Crippen LogP contribution in [0.5, 0.6) is 0 Å². The fourth-order valence-electron chi connectivity index (χ4n) is 10.8. The smallest absolute Gasteiger partial charge is 0.410 e. The van der Waals surface area contributed by atoms with Gasteiger partial charge in [0.2, 0.25) is 35.4 Å². The number of nitrogens with one attached hydrogen (secondary N) is 6. The Hall–Kier alpha value is -6.36. The lowest BCUT2D eigenvalue weighted by molar-refractivity contribution is -0.148. The van der Waals surface area contributed by atoms with Crippen LogP contribution in [0.1, 0.15) is 139 Å². The second-order valence-corrected chi connectivity index (χ2v) is 23.6. The number of amides is 9. The van der Waals surface area contributed by atoms with E-state index < -0.39 is 108 Å². The van der Waals surface area contributed by atoms with Crippen LogP contribution in [0.2, 0.25) is 0 Å². The van der Waals surface area contributed by atoms with E-state index >= 15 is 0 Å². The summed E-state index contributed by atoms with van der Waals surface area (Å²) in [6.45, 7) is 22.8. The SMILES string of the molecule is CC[C@H](C)C([C@@H](CC(=O)N1CCC[C@H]1[C@H](OC)[C@@H](C)C(=O)N[C@H](C)[C@@H](O)c1ccccc1)OC)N(C)C(=O)[C@@H](NC(=O)[C@H](C(C)C)N(C)C(=O)OCc1ccc(NC(=O)[C@H](CCCNC(N)=O)NC(=O)[C@@H](NC(C)C)C(C)C)cc1)C(C)C. The molecule has 1 unspecified atom stereocenters. The molecule has 1 saturated heterocycles. The zero-order valence-electron chi connectivity index (χ0n) is 52.2. The average molecular weight is 1170 g/mol. The van der Waals surface area contributed by atoms with Crippen molar-refractivity contribution in [3.8, 4) is 0 Å². The Morgan fingerprint density at radius 2 is 1.37 bits per heavy atom. The van der Waals surface area contributed by atoms with Crippen molar-refractivity contribution in [2.75, 3.05) is 46.7 Å². The van der Waals surface area contributed by atoms with Crippen molar-refractivity contribution in [2.45, 2.75) is 195 Å². The summed E-state index contributed by atoms with van der Waals surface area (Å²) in [4.78, 5) is 114. The Morgan fingerprint density at radius 1 is 0.747 bits per heavy atom. The minimum Gasteiger partial charge on any atom is -0.445 e. The van der Waals surface area contributed by atoms with Gasteiger partial charge < -0.3 is 66.8 Å². The predicted octanol–water partition coefficient (Wildman–Crippen LogP) is 5.47. The van der Waals surface area contributed by atoms with Crippen molar-refractivity contribution < 1.29 is 57.7 Å². The molecule has 1 aliphatic rings. The van der Waals surface area contributed by atoms with Crippen LogP contribution in [-0.4, -0.2) is 169 Å².